The van der Waals surface area contributed by atoms with E-state index in [0.717, 1.165) is 33.6 Å². The molecule has 3 aromatic rings. The number of hydrogen-bond acceptors (Lipinski definition) is 9. The molecule has 0 aromatic carbocycles. The minimum atomic E-state index is -0.324. The summed E-state index contributed by atoms with van der Waals surface area (Å²) in [5, 5.41) is 6.70. The Kier molecular flexibility index (Phi) is 8.10. The van der Waals surface area contributed by atoms with Crippen molar-refractivity contribution in [3.8, 4) is 0 Å². The van der Waals surface area contributed by atoms with Crippen LogP contribution >= 0.6 is 23.1 Å². The molecular weight excluding hydrogens is 496 g/mol. The van der Waals surface area contributed by atoms with Crippen molar-refractivity contribution in [1.29, 1.82) is 0 Å². The molecule has 0 unspecified atom stereocenters. The zero-order chi connectivity index (χ0) is 25.7. The Labute approximate surface area is 218 Å². The van der Waals surface area contributed by atoms with Crippen molar-refractivity contribution in [3.63, 3.8) is 0 Å². The topological polar surface area (TPSA) is 113 Å². The fourth-order valence-corrected chi connectivity index (χ4v) is 5.39. The molecule has 36 heavy (non-hydrogen) atoms. The third kappa shape index (κ3) is 6.73. The predicted molar refractivity (Wildman–Crippen MR) is 142 cm³/mol. The van der Waals surface area contributed by atoms with Gasteiger partial charge in [-0.3, -0.25) is 14.6 Å². The standard InChI is InChI=1S/C25H30N6O3S2/c1-5-20(32)29-16-8-9-17(26-11-16)14-31-10-6-7-18(23(31)33)30-24-28-13-22(36-24)35-15-21-27-12-19(34-21)25(2,3)4/h5,8-9,11-13,18H,1,6-7,10,14-15H2,2-4H3,(H,28,30)(H,29,32)/t18-/m1/s1. The van der Waals surface area contributed by atoms with Crippen molar-refractivity contribution in [3.05, 3.63) is 60.7 Å². The van der Waals surface area contributed by atoms with Crippen molar-refractivity contribution in [2.24, 2.45) is 0 Å². The van der Waals surface area contributed by atoms with E-state index in [0.29, 0.717) is 30.4 Å². The molecule has 0 radical (unpaired) electrons. The number of nitrogens with one attached hydrogen (secondary N) is 2. The molecule has 11 heteroatoms. The zero-order valence-electron chi connectivity index (χ0n) is 20.6. The van der Waals surface area contributed by atoms with Crippen LogP contribution < -0.4 is 10.6 Å². The summed E-state index contributed by atoms with van der Waals surface area (Å²) in [4.78, 5) is 39.5. The number of carbonyl (C=O) groups is 2. The number of rotatable bonds is 9. The molecule has 2 N–H and O–H groups in total. The van der Waals surface area contributed by atoms with Gasteiger partial charge in [0.15, 0.2) is 5.13 Å². The highest BCUT2D eigenvalue weighted by Gasteiger charge is 2.29. The van der Waals surface area contributed by atoms with Gasteiger partial charge in [0, 0.05) is 12.0 Å². The second-order valence-corrected chi connectivity index (χ2v) is 11.8. The van der Waals surface area contributed by atoms with Crippen molar-refractivity contribution < 1.29 is 14.0 Å². The number of thiazole rings is 1. The number of pyridine rings is 1. The quantitative estimate of drug-likeness (QED) is 0.301. The molecule has 4 heterocycles. The maximum absolute atomic E-state index is 13.1. The van der Waals surface area contributed by atoms with Crippen molar-refractivity contribution in [2.45, 2.75) is 61.6 Å². The second-order valence-electron chi connectivity index (χ2n) is 9.47. The van der Waals surface area contributed by atoms with Gasteiger partial charge in [0.2, 0.25) is 17.7 Å². The summed E-state index contributed by atoms with van der Waals surface area (Å²) in [5.74, 6) is 1.93. The molecule has 1 atom stereocenters. The Bertz CT molecular complexity index is 1220. The van der Waals surface area contributed by atoms with E-state index in [1.807, 2.05) is 17.2 Å². The highest BCUT2D eigenvalue weighted by Crippen LogP contribution is 2.32. The molecule has 1 aliphatic rings. The minimum Gasteiger partial charge on any atom is -0.444 e. The Balaban J connectivity index is 1.30. The molecule has 0 spiro atoms. The van der Waals surface area contributed by atoms with E-state index in [2.05, 4.69) is 52.9 Å². The van der Waals surface area contributed by atoms with Crippen molar-refractivity contribution >= 4 is 45.7 Å². The molecule has 0 bridgehead atoms. The summed E-state index contributed by atoms with van der Waals surface area (Å²) in [6, 6.07) is 3.26. The van der Waals surface area contributed by atoms with Crippen LogP contribution in [-0.2, 0) is 27.3 Å². The maximum atomic E-state index is 13.1. The molecular formula is C25H30N6O3S2. The van der Waals surface area contributed by atoms with Crippen LogP contribution in [0.3, 0.4) is 0 Å². The number of carbonyl (C=O) groups excluding carboxylic acids is 2. The van der Waals surface area contributed by atoms with E-state index in [-0.39, 0.29) is 23.3 Å². The lowest BCUT2D eigenvalue weighted by Crippen LogP contribution is -2.47. The Morgan fingerprint density at radius 3 is 2.81 bits per heavy atom. The summed E-state index contributed by atoms with van der Waals surface area (Å²) in [6.07, 6.45) is 8.04. The highest BCUT2D eigenvalue weighted by atomic mass is 32.2. The lowest BCUT2D eigenvalue weighted by Gasteiger charge is -2.32. The van der Waals surface area contributed by atoms with Gasteiger partial charge < -0.3 is 20.0 Å². The van der Waals surface area contributed by atoms with Crippen LogP contribution in [0.5, 0.6) is 0 Å². The van der Waals surface area contributed by atoms with E-state index in [4.69, 9.17) is 4.42 Å². The Morgan fingerprint density at radius 2 is 2.11 bits per heavy atom. The summed E-state index contributed by atoms with van der Waals surface area (Å²) >= 11 is 3.13. The smallest absolute Gasteiger partial charge is 0.247 e. The number of nitrogens with zero attached hydrogens (tertiary/aromatic N) is 4. The first-order valence-corrected chi connectivity index (χ1v) is 13.5. The zero-order valence-corrected chi connectivity index (χ0v) is 22.2. The number of piperidine rings is 1. The summed E-state index contributed by atoms with van der Waals surface area (Å²) in [7, 11) is 0. The molecule has 4 rings (SSSR count). The van der Waals surface area contributed by atoms with Gasteiger partial charge in [-0.2, -0.15) is 0 Å². The van der Waals surface area contributed by atoms with Crippen LogP contribution in [0.1, 0.15) is 51.0 Å². The van der Waals surface area contributed by atoms with Crippen LogP contribution in [0.15, 0.2) is 52.0 Å². The van der Waals surface area contributed by atoms with Crippen LogP contribution in [-0.4, -0.2) is 44.3 Å². The molecule has 1 fully saturated rings. The van der Waals surface area contributed by atoms with E-state index in [9.17, 15) is 9.59 Å². The molecule has 3 aromatic heterocycles. The molecule has 0 aliphatic carbocycles. The average Bonchev–Trinajstić information content (AvgIpc) is 3.51. The van der Waals surface area contributed by atoms with Crippen LogP contribution in [0.2, 0.25) is 0 Å². The third-order valence-electron chi connectivity index (χ3n) is 5.57. The van der Waals surface area contributed by atoms with E-state index < -0.39 is 0 Å². The molecule has 0 saturated carbocycles. The summed E-state index contributed by atoms with van der Waals surface area (Å²) in [6.45, 7) is 10.8. The van der Waals surface area contributed by atoms with Gasteiger partial charge in [0.05, 0.1) is 46.5 Å². The predicted octanol–water partition coefficient (Wildman–Crippen LogP) is 4.84. The molecule has 190 valence electrons. The van der Waals surface area contributed by atoms with E-state index in [1.54, 1.807) is 30.2 Å². The number of aromatic nitrogens is 3. The Morgan fingerprint density at radius 1 is 1.28 bits per heavy atom. The summed E-state index contributed by atoms with van der Waals surface area (Å²) < 4.78 is 6.89. The first-order valence-electron chi connectivity index (χ1n) is 11.7. The molecule has 1 saturated heterocycles. The first kappa shape index (κ1) is 25.9. The van der Waals surface area contributed by atoms with Crippen LogP contribution in [0, 0.1) is 0 Å². The highest BCUT2D eigenvalue weighted by molar-refractivity contribution is 8.00. The van der Waals surface area contributed by atoms with E-state index >= 15 is 0 Å². The van der Waals surface area contributed by atoms with Gasteiger partial charge in [-0.25, -0.2) is 9.97 Å². The van der Waals surface area contributed by atoms with Gasteiger partial charge in [-0.1, -0.05) is 38.7 Å². The largest absolute Gasteiger partial charge is 0.444 e. The van der Waals surface area contributed by atoms with Crippen LogP contribution in [0.25, 0.3) is 0 Å². The van der Waals surface area contributed by atoms with E-state index in [1.165, 1.54) is 17.4 Å². The van der Waals surface area contributed by atoms with Crippen molar-refractivity contribution in [2.75, 3.05) is 17.2 Å². The molecule has 2 amide bonds. The van der Waals surface area contributed by atoms with Crippen LogP contribution in [0.4, 0.5) is 10.8 Å². The lowest BCUT2D eigenvalue weighted by molar-refractivity contribution is -0.134. The fourth-order valence-electron chi connectivity index (χ4n) is 3.61. The number of oxazole rings is 1. The minimum absolute atomic E-state index is 0.0333. The van der Waals surface area contributed by atoms with Gasteiger partial charge in [-0.15, -0.1) is 11.8 Å². The summed E-state index contributed by atoms with van der Waals surface area (Å²) in [5.41, 5.74) is 1.28. The van der Waals surface area contributed by atoms with Gasteiger partial charge >= 0.3 is 0 Å². The lowest BCUT2D eigenvalue weighted by atomic mass is 9.94. The van der Waals surface area contributed by atoms with Crippen molar-refractivity contribution in [1.82, 2.24) is 19.9 Å². The number of amides is 2. The van der Waals surface area contributed by atoms with Gasteiger partial charge in [0.1, 0.15) is 11.8 Å². The average molecular weight is 527 g/mol. The van der Waals surface area contributed by atoms with Gasteiger partial charge in [0.25, 0.3) is 0 Å². The molecule has 1 aliphatic heterocycles. The number of thioether (sulfide) groups is 1. The number of anilines is 2. The third-order valence-corrected chi connectivity index (χ3v) is 7.68. The first-order chi connectivity index (χ1) is 17.2. The normalized spacial score (nSPS) is 16.1. The monoisotopic (exact) mass is 526 g/mol. The van der Waals surface area contributed by atoms with Gasteiger partial charge in [-0.05, 0) is 31.1 Å². The number of likely N-dealkylation sites (tertiary alicyclic amines) is 1. The fraction of sp³-hybridized carbons (Fsp3) is 0.400. The molecule has 9 nitrogen and oxygen atoms in total. The Hall–Kier alpha value is -3.18. The maximum Gasteiger partial charge on any atom is 0.247 e. The SMILES string of the molecule is C=CC(=O)Nc1ccc(CN2CCC[C@@H](Nc3ncc(SCc4ncc(C(C)(C)C)o4)s3)C2=O)nc1. The number of hydrogen-bond donors (Lipinski definition) is 2. The second kappa shape index (κ2) is 11.3.